The summed E-state index contributed by atoms with van der Waals surface area (Å²) in [5.41, 5.74) is 2.26. The van der Waals surface area contributed by atoms with Crippen LogP contribution < -0.4 is 9.47 Å². The minimum atomic E-state index is 0. The lowest BCUT2D eigenvalue weighted by Crippen LogP contribution is -2.25. The van der Waals surface area contributed by atoms with Gasteiger partial charge in [0.15, 0.2) is 11.5 Å². The first kappa shape index (κ1) is 21.8. The van der Waals surface area contributed by atoms with Crippen molar-refractivity contribution < 1.29 is 14.2 Å². The molecule has 0 saturated heterocycles. The van der Waals surface area contributed by atoms with Crippen molar-refractivity contribution in [2.24, 2.45) is 0 Å². The van der Waals surface area contributed by atoms with E-state index in [4.69, 9.17) is 25.8 Å². The second kappa shape index (κ2) is 10.7. The van der Waals surface area contributed by atoms with Gasteiger partial charge in [-0.1, -0.05) is 11.6 Å². The molecule has 0 bridgehead atoms. The van der Waals surface area contributed by atoms with Gasteiger partial charge in [-0.15, -0.1) is 12.4 Å². The Bertz CT molecular complexity index is 714. The fraction of sp³-hybridized carbons (Fsp3) is 0.450. The molecule has 7 heteroatoms. The molecular formula is C20H26Cl2N2O3. The summed E-state index contributed by atoms with van der Waals surface area (Å²) in [5.74, 6) is 1.47. The van der Waals surface area contributed by atoms with Gasteiger partial charge in [0.25, 0.3) is 0 Å². The number of halogens is 2. The minimum absolute atomic E-state index is 0. The van der Waals surface area contributed by atoms with Crippen molar-refractivity contribution in [3.8, 4) is 11.5 Å². The lowest BCUT2D eigenvalue weighted by Gasteiger charge is -2.23. The highest BCUT2D eigenvalue weighted by Gasteiger charge is 2.18. The predicted molar refractivity (Wildman–Crippen MR) is 109 cm³/mol. The van der Waals surface area contributed by atoms with E-state index in [0.717, 1.165) is 44.0 Å². The molecule has 0 fully saturated rings. The monoisotopic (exact) mass is 412 g/mol. The molecular weight excluding hydrogens is 387 g/mol. The molecule has 2 heterocycles. The lowest BCUT2D eigenvalue weighted by molar-refractivity contribution is 0.0693. The second-order valence-corrected chi connectivity index (χ2v) is 7.04. The van der Waals surface area contributed by atoms with E-state index in [1.54, 1.807) is 0 Å². The smallest absolute Gasteiger partial charge is 0.231 e. The Morgan fingerprint density at radius 1 is 1.15 bits per heavy atom. The molecule has 3 rings (SSSR count). The molecule has 5 nitrogen and oxygen atoms in total. The third kappa shape index (κ3) is 6.54. The first-order valence-corrected chi connectivity index (χ1v) is 9.30. The van der Waals surface area contributed by atoms with Crippen LogP contribution in [0.1, 0.15) is 31.4 Å². The molecule has 1 aromatic heterocycles. The van der Waals surface area contributed by atoms with E-state index in [1.165, 1.54) is 5.56 Å². The van der Waals surface area contributed by atoms with Crippen LogP contribution in [0, 0.1) is 0 Å². The summed E-state index contributed by atoms with van der Waals surface area (Å²) in [7, 11) is 0. The van der Waals surface area contributed by atoms with Gasteiger partial charge < -0.3 is 14.2 Å². The first-order valence-electron chi connectivity index (χ1n) is 8.92. The standard InChI is InChI=1S/C20H25ClN2O3.ClH/c1-15(2)24-9-3-8-23(12-16-4-6-22-7-5-16)13-17-10-19-20(11-18(17)21)26-14-25-19;/h4-7,10-11,15H,3,8-9,12-14H2,1-2H3;1H. The van der Waals surface area contributed by atoms with Crippen LogP contribution >= 0.6 is 24.0 Å². The minimum Gasteiger partial charge on any atom is -0.454 e. The van der Waals surface area contributed by atoms with Crippen LogP contribution in [0.2, 0.25) is 5.02 Å². The molecule has 0 amide bonds. The fourth-order valence-corrected chi connectivity index (χ4v) is 3.10. The highest BCUT2D eigenvalue weighted by atomic mass is 35.5. The Hall–Kier alpha value is -1.53. The summed E-state index contributed by atoms with van der Waals surface area (Å²) in [6.45, 7) is 7.60. The van der Waals surface area contributed by atoms with E-state index >= 15 is 0 Å². The van der Waals surface area contributed by atoms with Gasteiger partial charge >= 0.3 is 0 Å². The van der Waals surface area contributed by atoms with Crippen molar-refractivity contribution in [3.05, 3.63) is 52.8 Å². The Balaban J connectivity index is 0.00000261. The van der Waals surface area contributed by atoms with Gasteiger partial charge in [0.05, 0.1) is 6.10 Å². The molecule has 1 aliphatic heterocycles. The Labute approximate surface area is 172 Å². The largest absolute Gasteiger partial charge is 0.454 e. The van der Waals surface area contributed by atoms with E-state index in [1.807, 2.05) is 36.7 Å². The second-order valence-electron chi connectivity index (χ2n) is 6.64. The summed E-state index contributed by atoms with van der Waals surface area (Å²) in [4.78, 5) is 6.46. The fourth-order valence-electron chi connectivity index (χ4n) is 2.89. The molecule has 1 aliphatic rings. The van der Waals surface area contributed by atoms with Gasteiger partial charge in [0, 0.05) is 49.7 Å². The molecule has 27 heavy (non-hydrogen) atoms. The zero-order valence-electron chi connectivity index (χ0n) is 15.7. The average Bonchev–Trinajstić information content (AvgIpc) is 3.06. The van der Waals surface area contributed by atoms with E-state index < -0.39 is 0 Å². The predicted octanol–water partition coefficient (Wildman–Crippen LogP) is 4.70. The van der Waals surface area contributed by atoms with Gasteiger partial charge in [-0.25, -0.2) is 0 Å². The summed E-state index contributed by atoms with van der Waals surface area (Å²) in [6.07, 6.45) is 4.86. The van der Waals surface area contributed by atoms with Gasteiger partial charge in [-0.2, -0.15) is 0 Å². The van der Waals surface area contributed by atoms with E-state index in [-0.39, 0.29) is 25.3 Å². The molecule has 0 unspecified atom stereocenters. The first-order chi connectivity index (χ1) is 12.6. The van der Waals surface area contributed by atoms with Crippen LogP contribution in [0.25, 0.3) is 0 Å². The lowest BCUT2D eigenvalue weighted by atomic mass is 10.1. The number of benzene rings is 1. The topological polar surface area (TPSA) is 43.8 Å². The van der Waals surface area contributed by atoms with E-state index in [0.29, 0.717) is 10.8 Å². The van der Waals surface area contributed by atoms with Crippen LogP contribution in [0.5, 0.6) is 11.5 Å². The maximum Gasteiger partial charge on any atom is 0.231 e. The molecule has 1 aromatic carbocycles. The normalized spacial score (nSPS) is 12.5. The van der Waals surface area contributed by atoms with Gasteiger partial charge in [-0.05, 0) is 49.6 Å². The van der Waals surface area contributed by atoms with E-state index in [9.17, 15) is 0 Å². The molecule has 0 saturated carbocycles. The van der Waals surface area contributed by atoms with Gasteiger partial charge in [-0.3, -0.25) is 9.88 Å². The quantitative estimate of drug-likeness (QED) is 0.558. The summed E-state index contributed by atoms with van der Waals surface area (Å²) in [5, 5.41) is 0.701. The molecule has 148 valence electrons. The zero-order chi connectivity index (χ0) is 18.4. The number of fused-ring (bicyclic) bond motifs is 1. The molecule has 0 aliphatic carbocycles. The number of nitrogens with zero attached hydrogens (tertiary/aromatic N) is 2. The van der Waals surface area contributed by atoms with Gasteiger partial charge in [0.2, 0.25) is 6.79 Å². The summed E-state index contributed by atoms with van der Waals surface area (Å²) >= 11 is 6.46. The number of rotatable bonds is 9. The van der Waals surface area contributed by atoms with Crippen molar-refractivity contribution in [2.45, 2.75) is 39.5 Å². The maximum absolute atomic E-state index is 6.46. The van der Waals surface area contributed by atoms with Crippen LogP contribution in [0.4, 0.5) is 0 Å². The van der Waals surface area contributed by atoms with Crippen molar-refractivity contribution >= 4 is 24.0 Å². The summed E-state index contributed by atoms with van der Waals surface area (Å²) in [6, 6.07) is 7.90. The van der Waals surface area contributed by atoms with Crippen LogP contribution in [0.15, 0.2) is 36.7 Å². The van der Waals surface area contributed by atoms with Crippen molar-refractivity contribution in [3.63, 3.8) is 0 Å². The number of hydrogen-bond donors (Lipinski definition) is 0. The van der Waals surface area contributed by atoms with Crippen molar-refractivity contribution in [1.29, 1.82) is 0 Å². The number of hydrogen-bond acceptors (Lipinski definition) is 5. The molecule has 2 aromatic rings. The van der Waals surface area contributed by atoms with Crippen LogP contribution in [-0.2, 0) is 17.8 Å². The highest BCUT2D eigenvalue weighted by Crippen LogP contribution is 2.37. The molecule has 0 atom stereocenters. The Kier molecular flexibility index (Phi) is 8.64. The summed E-state index contributed by atoms with van der Waals surface area (Å²) < 4.78 is 16.6. The average molecular weight is 413 g/mol. The highest BCUT2D eigenvalue weighted by molar-refractivity contribution is 6.31. The zero-order valence-corrected chi connectivity index (χ0v) is 17.3. The van der Waals surface area contributed by atoms with Crippen LogP contribution in [0.3, 0.4) is 0 Å². The van der Waals surface area contributed by atoms with Gasteiger partial charge in [0.1, 0.15) is 0 Å². The maximum atomic E-state index is 6.46. The third-order valence-corrected chi connectivity index (χ3v) is 4.51. The molecule has 0 N–H and O–H groups in total. The number of pyridine rings is 1. The Morgan fingerprint density at radius 3 is 2.56 bits per heavy atom. The molecule has 0 radical (unpaired) electrons. The third-order valence-electron chi connectivity index (χ3n) is 4.16. The Morgan fingerprint density at radius 2 is 1.85 bits per heavy atom. The SMILES string of the molecule is CC(C)OCCCN(Cc1ccncc1)Cc1cc2c(cc1Cl)OCO2.Cl. The van der Waals surface area contributed by atoms with Crippen molar-refractivity contribution in [2.75, 3.05) is 19.9 Å². The van der Waals surface area contributed by atoms with Crippen LogP contribution in [-0.4, -0.2) is 35.9 Å². The van der Waals surface area contributed by atoms with E-state index in [2.05, 4.69) is 23.7 Å². The van der Waals surface area contributed by atoms with Crippen molar-refractivity contribution in [1.82, 2.24) is 9.88 Å². The number of aromatic nitrogens is 1. The molecule has 0 spiro atoms. The number of ether oxygens (including phenoxy) is 3.